The SMILES string of the molecule is C=CC1CC(=O)N(c2cc(OC)ccc2Cl)C1. The van der Waals surface area contributed by atoms with E-state index in [1.54, 1.807) is 30.2 Å². The molecule has 1 fully saturated rings. The minimum absolute atomic E-state index is 0.0741. The zero-order valence-corrected chi connectivity index (χ0v) is 10.4. The molecule has 1 aliphatic heterocycles. The molecule has 0 spiro atoms. The molecule has 1 saturated heterocycles. The van der Waals surface area contributed by atoms with E-state index in [-0.39, 0.29) is 11.8 Å². The number of methoxy groups -OCH3 is 1. The average molecular weight is 252 g/mol. The fraction of sp³-hybridized carbons (Fsp3) is 0.308. The summed E-state index contributed by atoms with van der Waals surface area (Å²) in [5.41, 5.74) is 0.709. The maximum absolute atomic E-state index is 11.9. The van der Waals surface area contributed by atoms with Gasteiger partial charge in [0.25, 0.3) is 0 Å². The predicted octanol–water partition coefficient (Wildman–Crippen LogP) is 2.89. The van der Waals surface area contributed by atoms with E-state index in [1.807, 2.05) is 6.08 Å². The van der Waals surface area contributed by atoms with E-state index in [2.05, 4.69) is 6.58 Å². The van der Waals surface area contributed by atoms with Crippen LogP contribution in [0.4, 0.5) is 5.69 Å². The summed E-state index contributed by atoms with van der Waals surface area (Å²) < 4.78 is 5.14. The predicted molar refractivity (Wildman–Crippen MR) is 68.7 cm³/mol. The first-order chi connectivity index (χ1) is 8.15. The number of hydrogen-bond donors (Lipinski definition) is 0. The lowest BCUT2D eigenvalue weighted by Crippen LogP contribution is -2.24. The van der Waals surface area contributed by atoms with Crippen molar-refractivity contribution < 1.29 is 9.53 Å². The Morgan fingerprint density at radius 2 is 2.35 bits per heavy atom. The van der Waals surface area contributed by atoms with Crippen LogP contribution in [0.15, 0.2) is 30.9 Å². The third-order valence-corrected chi connectivity index (χ3v) is 3.25. The van der Waals surface area contributed by atoms with Gasteiger partial charge in [-0.25, -0.2) is 0 Å². The third kappa shape index (κ3) is 2.29. The molecule has 0 saturated carbocycles. The molecular weight excluding hydrogens is 238 g/mol. The Bertz CT molecular complexity index is 459. The molecule has 90 valence electrons. The van der Waals surface area contributed by atoms with Gasteiger partial charge in [0.05, 0.1) is 17.8 Å². The van der Waals surface area contributed by atoms with Crippen molar-refractivity contribution in [3.63, 3.8) is 0 Å². The number of benzene rings is 1. The number of rotatable bonds is 3. The fourth-order valence-corrected chi connectivity index (χ4v) is 2.17. The Morgan fingerprint density at radius 3 is 2.94 bits per heavy atom. The van der Waals surface area contributed by atoms with Crippen LogP contribution in [0, 0.1) is 5.92 Å². The molecule has 0 bridgehead atoms. The van der Waals surface area contributed by atoms with Gasteiger partial charge in [0.15, 0.2) is 0 Å². The summed E-state index contributed by atoms with van der Waals surface area (Å²) in [5.74, 6) is 0.967. The molecule has 1 unspecified atom stereocenters. The molecule has 0 aromatic heterocycles. The van der Waals surface area contributed by atoms with Crippen LogP contribution in [0.5, 0.6) is 5.75 Å². The largest absolute Gasteiger partial charge is 0.497 e. The van der Waals surface area contributed by atoms with Gasteiger partial charge in [0, 0.05) is 24.9 Å². The van der Waals surface area contributed by atoms with Crippen LogP contribution in [0.25, 0.3) is 0 Å². The Labute approximate surface area is 106 Å². The third-order valence-electron chi connectivity index (χ3n) is 2.93. The Hall–Kier alpha value is -1.48. The second-order valence-corrected chi connectivity index (χ2v) is 4.43. The van der Waals surface area contributed by atoms with Gasteiger partial charge in [-0.1, -0.05) is 17.7 Å². The summed E-state index contributed by atoms with van der Waals surface area (Å²) in [4.78, 5) is 13.6. The lowest BCUT2D eigenvalue weighted by molar-refractivity contribution is -0.117. The van der Waals surface area contributed by atoms with Gasteiger partial charge < -0.3 is 9.64 Å². The molecule has 0 radical (unpaired) electrons. The summed E-state index contributed by atoms with van der Waals surface area (Å²) >= 11 is 6.11. The highest BCUT2D eigenvalue weighted by Gasteiger charge is 2.30. The quantitative estimate of drug-likeness (QED) is 0.773. The molecule has 0 aliphatic carbocycles. The summed E-state index contributed by atoms with van der Waals surface area (Å²) in [6.45, 7) is 4.36. The molecule has 3 nitrogen and oxygen atoms in total. The molecule has 1 aliphatic rings. The Balaban J connectivity index is 2.33. The first-order valence-electron chi connectivity index (χ1n) is 5.42. The van der Waals surface area contributed by atoms with Crippen molar-refractivity contribution >= 4 is 23.2 Å². The second-order valence-electron chi connectivity index (χ2n) is 4.02. The maximum Gasteiger partial charge on any atom is 0.227 e. The number of amides is 1. The van der Waals surface area contributed by atoms with E-state index in [4.69, 9.17) is 16.3 Å². The van der Waals surface area contributed by atoms with Crippen molar-refractivity contribution in [3.8, 4) is 5.75 Å². The normalized spacial score (nSPS) is 19.5. The highest BCUT2D eigenvalue weighted by atomic mass is 35.5. The molecule has 1 heterocycles. The Morgan fingerprint density at radius 1 is 1.59 bits per heavy atom. The summed E-state index contributed by atoms with van der Waals surface area (Å²) in [6.07, 6.45) is 2.31. The zero-order valence-electron chi connectivity index (χ0n) is 9.65. The van der Waals surface area contributed by atoms with Gasteiger partial charge in [-0.3, -0.25) is 4.79 Å². The average Bonchev–Trinajstić information content (AvgIpc) is 2.71. The van der Waals surface area contributed by atoms with Crippen LogP contribution in [0.2, 0.25) is 5.02 Å². The van der Waals surface area contributed by atoms with Crippen molar-refractivity contribution in [2.75, 3.05) is 18.6 Å². The highest BCUT2D eigenvalue weighted by Crippen LogP contribution is 2.34. The minimum atomic E-state index is 0.0741. The smallest absolute Gasteiger partial charge is 0.227 e. The zero-order chi connectivity index (χ0) is 12.4. The standard InChI is InChI=1S/C13H14ClNO2/c1-3-9-6-13(16)15(8-9)12-7-10(17-2)4-5-11(12)14/h3-5,7,9H,1,6,8H2,2H3. The lowest BCUT2D eigenvalue weighted by Gasteiger charge is -2.18. The van der Waals surface area contributed by atoms with Crippen molar-refractivity contribution in [2.45, 2.75) is 6.42 Å². The number of carbonyl (C=O) groups excluding carboxylic acids is 1. The molecule has 0 N–H and O–H groups in total. The summed E-state index contributed by atoms with van der Waals surface area (Å²) in [6, 6.07) is 5.30. The molecule has 1 aromatic rings. The van der Waals surface area contributed by atoms with Gasteiger partial charge in [-0.05, 0) is 12.1 Å². The van der Waals surface area contributed by atoms with E-state index in [9.17, 15) is 4.79 Å². The van der Waals surface area contributed by atoms with Crippen LogP contribution in [0.1, 0.15) is 6.42 Å². The van der Waals surface area contributed by atoms with Gasteiger partial charge >= 0.3 is 0 Å². The number of anilines is 1. The van der Waals surface area contributed by atoms with Gasteiger partial charge in [0.2, 0.25) is 5.91 Å². The summed E-state index contributed by atoms with van der Waals surface area (Å²) in [5, 5.41) is 0.559. The van der Waals surface area contributed by atoms with E-state index >= 15 is 0 Å². The maximum atomic E-state index is 11.9. The molecule has 17 heavy (non-hydrogen) atoms. The number of halogens is 1. The monoisotopic (exact) mass is 251 g/mol. The Kier molecular flexibility index (Phi) is 3.38. The van der Waals surface area contributed by atoms with E-state index < -0.39 is 0 Å². The van der Waals surface area contributed by atoms with Gasteiger partial charge in [0.1, 0.15) is 5.75 Å². The second kappa shape index (κ2) is 4.80. The number of ether oxygens (including phenoxy) is 1. The number of carbonyl (C=O) groups is 1. The van der Waals surface area contributed by atoms with Crippen LogP contribution in [-0.4, -0.2) is 19.6 Å². The van der Waals surface area contributed by atoms with Crippen molar-refractivity contribution in [1.29, 1.82) is 0 Å². The number of hydrogen-bond acceptors (Lipinski definition) is 2. The number of nitrogens with zero attached hydrogens (tertiary/aromatic N) is 1. The molecule has 1 aromatic carbocycles. The van der Waals surface area contributed by atoms with E-state index in [1.165, 1.54) is 0 Å². The van der Waals surface area contributed by atoms with Crippen LogP contribution in [-0.2, 0) is 4.79 Å². The van der Waals surface area contributed by atoms with Gasteiger partial charge in [-0.15, -0.1) is 6.58 Å². The fourth-order valence-electron chi connectivity index (χ4n) is 1.95. The van der Waals surface area contributed by atoms with E-state index in [0.29, 0.717) is 29.4 Å². The minimum Gasteiger partial charge on any atom is -0.497 e. The molecular formula is C13H14ClNO2. The van der Waals surface area contributed by atoms with Crippen LogP contribution < -0.4 is 9.64 Å². The molecule has 2 rings (SSSR count). The first kappa shape index (κ1) is 12.0. The van der Waals surface area contributed by atoms with Crippen molar-refractivity contribution in [2.24, 2.45) is 5.92 Å². The molecule has 1 atom stereocenters. The highest BCUT2D eigenvalue weighted by molar-refractivity contribution is 6.34. The first-order valence-corrected chi connectivity index (χ1v) is 5.80. The topological polar surface area (TPSA) is 29.5 Å². The molecule has 1 amide bonds. The van der Waals surface area contributed by atoms with Crippen molar-refractivity contribution in [1.82, 2.24) is 0 Å². The van der Waals surface area contributed by atoms with Gasteiger partial charge in [-0.2, -0.15) is 0 Å². The molecule has 4 heteroatoms. The lowest BCUT2D eigenvalue weighted by atomic mass is 10.1. The van der Waals surface area contributed by atoms with Crippen molar-refractivity contribution in [3.05, 3.63) is 35.9 Å². The van der Waals surface area contributed by atoms with Crippen LogP contribution >= 0.6 is 11.6 Å². The van der Waals surface area contributed by atoms with Crippen LogP contribution in [0.3, 0.4) is 0 Å². The van der Waals surface area contributed by atoms with E-state index in [0.717, 1.165) is 0 Å². The summed E-state index contributed by atoms with van der Waals surface area (Å²) in [7, 11) is 1.59.